The third-order valence-electron chi connectivity index (χ3n) is 4.40. The minimum atomic E-state index is -0.102. The molecule has 2 heterocycles. The Labute approximate surface area is 163 Å². The summed E-state index contributed by atoms with van der Waals surface area (Å²) in [4.78, 5) is 33.1. The van der Waals surface area contributed by atoms with Gasteiger partial charge in [0.1, 0.15) is 16.5 Å². The van der Waals surface area contributed by atoms with Crippen LogP contribution in [0.25, 0.3) is 0 Å². The first-order valence-corrected chi connectivity index (χ1v) is 10.2. The van der Waals surface area contributed by atoms with Crippen LogP contribution < -0.4 is 9.64 Å². The van der Waals surface area contributed by atoms with Crippen LogP contribution in [0.4, 0.5) is 5.69 Å². The van der Waals surface area contributed by atoms with Gasteiger partial charge in [-0.1, -0.05) is 19.9 Å². The van der Waals surface area contributed by atoms with E-state index in [2.05, 4.69) is 18.8 Å². The number of amides is 2. The van der Waals surface area contributed by atoms with Gasteiger partial charge in [-0.2, -0.15) is 0 Å². The highest BCUT2D eigenvalue weighted by Gasteiger charge is 2.27. The molecule has 2 aromatic rings. The quantitative estimate of drug-likeness (QED) is 0.728. The number of carbonyl (C=O) groups excluding carboxylic acids is 2. The summed E-state index contributed by atoms with van der Waals surface area (Å²) in [5.41, 5.74) is 2.27. The van der Waals surface area contributed by atoms with E-state index >= 15 is 0 Å². The second-order valence-electron chi connectivity index (χ2n) is 6.66. The maximum Gasteiger partial charge on any atom is 0.273 e. The topological polar surface area (TPSA) is 62.7 Å². The normalized spacial score (nSPS) is 13.3. The first-order chi connectivity index (χ1) is 13.0. The van der Waals surface area contributed by atoms with E-state index in [1.807, 2.05) is 30.0 Å². The average molecular weight is 388 g/mol. The molecule has 1 aliphatic rings. The molecule has 1 aromatic carbocycles. The molecule has 0 N–H and O–H groups in total. The van der Waals surface area contributed by atoms with Crippen LogP contribution in [0, 0.1) is 6.92 Å². The van der Waals surface area contributed by atoms with Crippen LogP contribution >= 0.6 is 11.3 Å². The van der Waals surface area contributed by atoms with Crippen LogP contribution in [0.2, 0.25) is 0 Å². The highest BCUT2D eigenvalue weighted by Crippen LogP contribution is 2.34. The first-order valence-electron chi connectivity index (χ1n) is 9.31. The number of fused-ring (bicyclic) bond motifs is 1. The smallest absolute Gasteiger partial charge is 0.273 e. The molecule has 1 aliphatic heterocycles. The Morgan fingerprint density at radius 3 is 2.74 bits per heavy atom. The fraction of sp³-hybridized carbons (Fsp3) is 0.450. The van der Waals surface area contributed by atoms with Gasteiger partial charge in [0.2, 0.25) is 0 Å². The lowest BCUT2D eigenvalue weighted by atomic mass is 10.1. The van der Waals surface area contributed by atoms with Gasteiger partial charge in [-0.15, -0.1) is 11.3 Å². The number of anilines is 1. The maximum atomic E-state index is 12.7. The van der Waals surface area contributed by atoms with E-state index in [1.165, 1.54) is 11.3 Å². The van der Waals surface area contributed by atoms with E-state index in [0.29, 0.717) is 18.0 Å². The molecule has 1 aromatic heterocycles. The molecular weight excluding hydrogens is 362 g/mol. The van der Waals surface area contributed by atoms with Crippen LogP contribution in [0.5, 0.6) is 5.75 Å². The van der Waals surface area contributed by atoms with Gasteiger partial charge in [0.05, 0.1) is 12.2 Å². The summed E-state index contributed by atoms with van der Waals surface area (Å²) in [5.74, 6) is 0.561. The fourth-order valence-electron chi connectivity index (χ4n) is 3.12. The van der Waals surface area contributed by atoms with Crippen molar-refractivity contribution in [3.05, 3.63) is 39.8 Å². The van der Waals surface area contributed by atoms with Crippen molar-refractivity contribution >= 4 is 28.8 Å². The highest BCUT2D eigenvalue weighted by molar-refractivity contribution is 7.09. The summed E-state index contributed by atoms with van der Waals surface area (Å²) >= 11 is 1.41. The molecule has 7 heteroatoms. The molecule has 0 bridgehead atoms. The summed E-state index contributed by atoms with van der Waals surface area (Å²) in [6.45, 7) is 7.93. The Morgan fingerprint density at radius 2 is 2.04 bits per heavy atom. The molecule has 0 spiro atoms. The molecule has 0 saturated heterocycles. The molecule has 0 unspecified atom stereocenters. The standard InChI is InChI=1S/C20H25N3O3S/c1-4-8-22(9-5-2)20(25)15-13-27-18(21-15)11-23-16-10-14(3)6-7-17(16)26-12-19(23)24/h6-7,10,13H,4-5,8-9,11-12H2,1-3H3. The number of nitrogens with zero attached hydrogens (tertiary/aromatic N) is 3. The van der Waals surface area contributed by atoms with Crippen LogP contribution in [0.1, 0.15) is 47.7 Å². The summed E-state index contributed by atoms with van der Waals surface area (Å²) in [7, 11) is 0. The first kappa shape index (κ1) is 19.4. The third-order valence-corrected chi connectivity index (χ3v) is 5.23. The van der Waals surface area contributed by atoms with Crippen molar-refractivity contribution in [2.45, 2.75) is 40.2 Å². The number of carbonyl (C=O) groups is 2. The number of aromatic nitrogens is 1. The van der Waals surface area contributed by atoms with Gasteiger partial charge in [-0.3, -0.25) is 14.5 Å². The summed E-state index contributed by atoms with van der Waals surface area (Å²) in [5, 5.41) is 2.53. The summed E-state index contributed by atoms with van der Waals surface area (Å²) < 4.78 is 5.52. The molecule has 3 rings (SSSR count). The molecule has 144 valence electrons. The number of benzene rings is 1. The van der Waals surface area contributed by atoms with E-state index in [1.54, 1.807) is 10.3 Å². The summed E-state index contributed by atoms with van der Waals surface area (Å²) in [6, 6.07) is 5.79. The van der Waals surface area contributed by atoms with Gasteiger partial charge in [0.15, 0.2) is 6.61 Å². The van der Waals surface area contributed by atoms with E-state index in [4.69, 9.17) is 4.74 Å². The van der Waals surface area contributed by atoms with Gasteiger partial charge >= 0.3 is 0 Å². The molecule has 0 aliphatic carbocycles. The minimum Gasteiger partial charge on any atom is -0.482 e. The molecule has 0 radical (unpaired) electrons. The van der Waals surface area contributed by atoms with Crippen molar-refractivity contribution in [1.29, 1.82) is 0 Å². The number of ether oxygens (including phenoxy) is 1. The van der Waals surface area contributed by atoms with Crippen LogP contribution in [-0.2, 0) is 11.3 Å². The van der Waals surface area contributed by atoms with Gasteiger partial charge in [-0.05, 0) is 37.5 Å². The van der Waals surface area contributed by atoms with Crippen LogP contribution in [-0.4, -0.2) is 41.4 Å². The minimum absolute atomic E-state index is 0.0218. The molecular formula is C20H25N3O3S. The Hall–Kier alpha value is -2.41. The van der Waals surface area contributed by atoms with Crippen molar-refractivity contribution in [2.75, 3.05) is 24.6 Å². The van der Waals surface area contributed by atoms with E-state index in [0.717, 1.165) is 42.2 Å². The Kier molecular flexibility index (Phi) is 6.11. The average Bonchev–Trinajstić information content (AvgIpc) is 3.12. The van der Waals surface area contributed by atoms with E-state index < -0.39 is 0 Å². The SMILES string of the molecule is CCCN(CCC)C(=O)c1csc(CN2C(=O)COc3ccc(C)cc32)n1. The molecule has 6 nitrogen and oxygen atoms in total. The van der Waals surface area contributed by atoms with Crippen molar-refractivity contribution in [3.63, 3.8) is 0 Å². The number of aryl methyl sites for hydroxylation is 1. The molecule has 2 amide bonds. The predicted octanol–water partition coefficient (Wildman–Crippen LogP) is 3.64. The number of thiazole rings is 1. The Morgan fingerprint density at radius 1 is 1.30 bits per heavy atom. The monoisotopic (exact) mass is 387 g/mol. The lowest BCUT2D eigenvalue weighted by Crippen LogP contribution is -2.38. The molecule has 0 fully saturated rings. The van der Waals surface area contributed by atoms with Gasteiger partial charge in [-0.25, -0.2) is 4.98 Å². The number of hydrogen-bond donors (Lipinski definition) is 0. The lowest BCUT2D eigenvalue weighted by molar-refractivity contribution is -0.121. The fourth-order valence-corrected chi connectivity index (χ4v) is 3.88. The zero-order valence-electron chi connectivity index (χ0n) is 16.0. The largest absolute Gasteiger partial charge is 0.482 e. The van der Waals surface area contributed by atoms with Crippen molar-refractivity contribution < 1.29 is 14.3 Å². The number of rotatable bonds is 7. The van der Waals surface area contributed by atoms with Crippen LogP contribution in [0.15, 0.2) is 23.6 Å². The lowest BCUT2D eigenvalue weighted by Gasteiger charge is -2.29. The maximum absolute atomic E-state index is 12.7. The zero-order valence-corrected chi connectivity index (χ0v) is 16.8. The summed E-state index contributed by atoms with van der Waals surface area (Å²) in [6.07, 6.45) is 1.84. The van der Waals surface area contributed by atoms with Gasteiger partial charge in [0.25, 0.3) is 11.8 Å². The van der Waals surface area contributed by atoms with Crippen molar-refractivity contribution in [1.82, 2.24) is 9.88 Å². The third kappa shape index (κ3) is 4.30. The highest BCUT2D eigenvalue weighted by atomic mass is 32.1. The van der Waals surface area contributed by atoms with E-state index in [9.17, 15) is 9.59 Å². The van der Waals surface area contributed by atoms with E-state index in [-0.39, 0.29) is 18.4 Å². The molecule has 27 heavy (non-hydrogen) atoms. The molecule has 0 saturated carbocycles. The second-order valence-corrected chi connectivity index (χ2v) is 7.60. The van der Waals surface area contributed by atoms with Crippen molar-refractivity contribution in [3.8, 4) is 5.75 Å². The molecule has 0 atom stereocenters. The number of hydrogen-bond acceptors (Lipinski definition) is 5. The Balaban J connectivity index is 1.79. The van der Waals surface area contributed by atoms with Crippen LogP contribution in [0.3, 0.4) is 0 Å². The second kappa shape index (κ2) is 8.52. The van der Waals surface area contributed by atoms with Crippen molar-refractivity contribution in [2.24, 2.45) is 0 Å². The van der Waals surface area contributed by atoms with Gasteiger partial charge in [0, 0.05) is 18.5 Å². The Bertz CT molecular complexity index is 828. The predicted molar refractivity (Wildman–Crippen MR) is 106 cm³/mol. The van der Waals surface area contributed by atoms with Gasteiger partial charge < -0.3 is 9.64 Å². The zero-order chi connectivity index (χ0) is 19.4.